The molecule has 0 unspecified atom stereocenters. The van der Waals surface area contributed by atoms with Gasteiger partial charge in [-0.3, -0.25) is 19.8 Å². The van der Waals surface area contributed by atoms with Gasteiger partial charge in [0.25, 0.3) is 5.91 Å². The number of furan rings is 1. The molecule has 0 saturated carbocycles. The third kappa shape index (κ3) is 5.31. The third-order valence-electron chi connectivity index (χ3n) is 4.30. The molecule has 1 amide bonds. The number of hydrogen-bond donors (Lipinski definition) is 0. The molecule has 0 aliphatic carbocycles. The van der Waals surface area contributed by atoms with Crippen LogP contribution in [0, 0.1) is 10.1 Å². The lowest BCUT2D eigenvalue weighted by atomic mass is 10.2. The molecule has 0 aliphatic heterocycles. The molecule has 3 aromatic rings. The third-order valence-corrected chi connectivity index (χ3v) is 5.34. The number of nitrogens with zero attached hydrogens (tertiary/aromatic N) is 4. The highest BCUT2D eigenvalue weighted by Gasteiger charge is 2.26. The maximum Gasteiger partial charge on any atom is 0.433 e. The van der Waals surface area contributed by atoms with Crippen LogP contribution in [0.25, 0.3) is 10.2 Å². The van der Waals surface area contributed by atoms with Crippen molar-refractivity contribution in [2.75, 3.05) is 32.1 Å². The number of thiazole rings is 1. The molecule has 3 rings (SSSR count). The highest BCUT2D eigenvalue weighted by Crippen LogP contribution is 2.31. The van der Waals surface area contributed by atoms with E-state index in [-0.39, 0.29) is 18.2 Å². The van der Waals surface area contributed by atoms with Crippen LogP contribution < -0.4 is 4.90 Å². The highest BCUT2D eigenvalue weighted by molar-refractivity contribution is 7.22. The van der Waals surface area contributed by atoms with Gasteiger partial charge in [-0.05, 0) is 57.2 Å². The first-order chi connectivity index (χ1) is 13.4. The molecule has 0 saturated heterocycles. The van der Waals surface area contributed by atoms with Crippen LogP contribution >= 0.6 is 23.7 Å². The van der Waals surface area contributed by atoms with Crippen molar-refractivity contribution in [2.24, 2.45) is 0 Å². The largest absolute Gasteiger partial charge is 0.433 e. The fraction of sp³-hybridized carbons (Fsp3) is 0.368. The average Bonchev–Trinajstić information content (AvgIpc) is 3.30. The van der Waals surface area contributed by atoms with Crippen molar-refractivity contribution >= 4 is 50.9 Å². The maximum atomic E-state index is 13.0. The van der Waals surface area contributed by atoms with Crippen molar-refractivity contribution in [3.63, 3.8) is 0 Å². The van der Waals surface area contributed by atoms with E-state index in [1.807, 2.05) is 31.1 Å². The van der Waals surface area contributed by atoms with E-state index in [1.165, 1.54) is 29.0 Å². The predicted octanol–water partition coefficient (Wildman–Crippen LogP) is 4.38. The van der Waals surface area contributed by atoms with Crippen molar-refractivity contribution in [3.05, 3.63) is 51.8 Å². The monoisotopic (exact) mass is 438 g/mol. The molecule has 10 heteroatoms. The second-order valence-electron chi connectivity index (χ2n) is 6.66. The summed E-state index contributed by atoms with van der Waals surface area (Å²) in [5.74, 6) is -0.944. The quantitative estimate of drug-likeness (QED) is 0.382. The minimum atomic E-state index is -0.656. The van der Waals surface area contributed by atoms with Gasteiger partial charge in [-0.2, -0.15) is 0 Å². The lowest BCUT2D eigenvalue weighted by molar-refractivity contribution is -0.402. The Kier molecular flexibility index (Phi) is 7.72. The molecule has 29 heavy (non-hydrogen) atoms. The zero-order valence-electron chi connectivity index (χ0n) is 16.5. The van der Waals surface area contributed by atoms with E-state index in [4.69, 9.17) is 4.42 Å². The van der Waals surface area contributed by atoms with E-state index in [2.05, 4.69) is 18.0 Å². The Bertz CT molecular complexity index is 1000. The van der Waals surface area contributed by atoms with Gasteiger partial charge in [-0.1, -0.05) is 24.3 Å². The molecule has 0 aliphatic rings. The van der Waals surface area contributed by atoms with Crippen LogP contribution in [0.5, 0.6) is 0 Å². The van der Waals surface area contributed by atoms with Gasteiger partial charge in [0.1, 0.15) is 4.92 Å². The number of halogens is 1. The summed E-state index contributed by atoms with van der Waals surface area (Å²) in [6.45, 7) is 3.32. The van der Waals surface area contributed by atoms with Gasteiger partial charge in [0.05, 0.1) is 16.3 Å². The van der Waals surface area contributed by atoms with Crippen LogP contribution in [0.15, 0.2) is 34.7 Å². The number of rotatable bonds is 8. The number of aryl methyl sites for hydroxylation is 1. The minimum Gasteiger partial charge on any atom is -0.395 e. The van der Waals surface area contributed by atoms with E-state index < -0.39 is 16.7 Å². The second kappa shape index (κ2) is 9.82. The summed E-state index contributed by atoms with van der Waals surface area (Å²) in [5.41, 5.74) is 2.03. The SMILES string of the molecule is CCc1ccc2nc(N(CCCN(C)C)C(=O)c3ccc([N+](=O)[O-])o3)sc2c1.Cl. The first-order valence-electron chi connectivity index (χ1n) is 8.99. The zero-order chi connectivity index (χ0) is 20.3. The van der Waals surface area contributed by atoms with Gasteiger partial charge in [0, 0.05) is 6.54 Å². The number of amides is 1. The summed E-state index contributed by atoms with van der Waals surface area (Å²) in [6, 6.07) is 8.59. The summed E-state index contributed by atoms with van der Waals surface area (Å²) >= 11 is 1.43. The van der Waals surface area contributed by atoms with Crippen molar-refractivity contribution in [3.8, 4) is 0 Å². The molecule has 156 valence electrons. The van der Waals surface area contributed by atoms with Gasteiger partial charge in [0.2, 0.25) is 0 Å². The normalized spacial score (nSPS) is 10.9. The van der Waals surface area contributed by atoms with E-state index in [9.17, 15) is 14.9 Å². The van der Waals surface area contributed by atoms with Gasteiger partial charge in [0.15, 0.2) is 10.9 Å². The summed E-state index contributed by atoms with van der Waals surface area (Å²) in [4.78, 5) is 31.4. The predicted molar refractivity (Wildman–Crippen MR) is 116 cm³/mol. The maximum absolute atomic E-state index is 13.0. The molecule has 0 bridgehead atoms. The number of carbonyl (C=O) groups is 1. The lowest BCUT2D eigenvalue weighted by Gasteiger charge is -2.19. The number of anilines is 1. The van der Waals surface area contributed by atoms with E-state index >= 15 is 0 Å². The molecule has 2 heterocycles. The van der Waals surface area contributed by atoms with Crippen LogP contribution in [0.3, 0.4) is 0 Å². The van der Waals surface area contributed by atoms with Crippen molar-refractivity contribution < 1.29 is 14.1 Å². The van der Waals surface area contributed by atoms with Crippen LogP contribution in [-0.2, 0) is 6.42 Å². The first kappa shape index (κ1) is 22.8. The second-order valence-corrected chi connectivity index (χ2v) is 7.67. The number of nitro groups is 1. The molecule has 0 radical (unpaired) electrons. The van der Waals surface area contributed by atoms with E-state index in [1.54, 1.807) is 4.90 Å². The molecular weight excluding hydrogens is 416 g/mol. The van der Waals surface area contributed by atoms with E-state index in [0.717, 1.165) is 29.6 Å². The molecule has 8 nitrogen and oxygen atoms in total. The average molecular weight is 439 g/mol. The molecule has 0 N–H and O–H groups in total. The highest BCUT2D eigenvalue weighted by atomic mass is 35.5. The van der Waals surface area contributed by atoms with Gasteiger partial charge < -0.3 is 9.32 Å². The number of fused-ring (bicyclic) bond motifs is 1. The summed E-state index contributed by atoms with van der Waals surface area (Å²) in [7, 11) is 3.93. The molecule has 2 aromatic heterocycles. The standard InChI is InChI=1S/C19H22N4O4S.ClH/c1-4-13-6-7-14-16(12-13)28-19(20-14)22(11-5-10-21(2)3)18(24)15-8-9-17(27-15)23(25)26;/h6-9,12H,4-5,10-11H2,1-3H3;1H. The number of hydrogen-bond acceptors (Lipinski definition) is 7. The molecule has 0 spiro atoms. The summed E-state index contributed by atoms with van der Waals surface area (Å²) < 4.78 is 6.13. The number of benzene rings is 1. The Labute approximate surface area is 178 Å². The van der Waals surface area contributed by atoms with E-state index in [0.29, 0.717) is 11.7 Å². The van der Waals surface area contributed by atoms with Crippen molar-refractivity contribution in [1.29, 1.82) is 0 Å². The van der Waals surface area contributed by atoms with Gasteiger partial charge in [-0.15, -0.1) is 12.4 Å². The summed E-state index contributed by atoms with van der Waals surface area (Å²) in [6.07, 6.45) is 1.66. The molecule has 1 aromatic carbocycles. The molecule has 0 atom stereocenters. The van der Waals surface area contributed by atoms with Crippen LogP contribution in [0.2, 0.25) is 0 Å². The smallest absolute Gasteiger partial charge is 0.395 e. The Hall–Kier alpha value is -2.49. The fourth-order valence-corrected chi connectivity index (χ4v) is 3.85. The molecule has 0 fully saturated rings. The lowest BCUT2D eigenvalue weighted by Crippen LogP contribution is -2.33. The van der Waals surface area contributed by atoms with Crippen molar-refractivity contribution in [2.45, 2.75) is 19.8 Å². The number of aromatic nitrogens is 1. The Morgan fingerprint density at radius 1 is 1.24 bits per heavy atom. The van der Waals surface area contributed by atoms with Gasteiger partial charge >= 0.3 is 5.88 Å². The Balaban J connectivity index is 0.00000300. The fourth-order valence-electron chi connectivity index (χ4n) is 2.80. The molecular formula is C19H23ClN4O4S. The topological polar surface area (TPSA) is 92.7 Å². The Morgan fingerprint density at radius 2 is 2.00 bits per heavy atom. The van der Waals surface area contributed by atoms with Crippen LogP contribution in [0.4, 0.5) is 11.0 Å². The minimum absolute atomic E-state index is 0. The zero-order valence-corrected chi connectivity index (χ0v) is 18.1. The van der Waals surface area contributed by atoms with Crippen molar-refractivity contribution in [1.82, 2.24) is 9.88 Å². The first-order valence-corrected chi connectivity index (χ1v) is 9.81. The van der Waals surface area contributed by atoms with Crippen LogP contribution in [0.1, 0.15) is 29.5 Å². The van der Waals surface area contributed by atoms with Gasteiger partial charge in [-0.25, -0.2) is 4.98 Å². The van der Waals surface area contributed by atoms with Crippen LogP contribution in [-0.4, -0.2) is 47.9 Å². The summed E-state index contributed by atoms with van der Waals surface area (Å²) in [5, 5.41) is 11.4. The Morgan fingerprint density at radius 3 is 2.62 bits per heavy atom. The number of carbonyl (C=O) groups excluding carboxylic acids is 1.